The van der Waals surface area contributed by atoms with Crippen molar-refractivity contribution in [1.29, 1.82) is 0 Å². The summed E-state index contributed by atoms with van der Waals surface area (Å²) in [6.07, 6.45) is 1.88. The van der Waals surface area contributed by atoms with E-state index in [0.29, 0.717) is 16.7 Å². The molecule has 3 N–H and O–H groups in total. The summed E-state index contributed by atoms with van der Waals surface area (Å²) in [7, 11) is 1.41. The first-order valence-corrected chi connectivity index (χ1v) is 10.7. The number of aliphatic imine (C=N–C) groups is 1. The number of hydrogen-bond donors (Lipinski definition) is 2. The summed E-state index contributed by atoms with van der Waals surface area (Å²) in [6, 6.07) is 5.34. The summed E-state index contributed by atoms with van der Waals surface area (Å²) in [5, 5.41) is 11.3. The van der Waals surface area contributed by atoms with Crippen LogP contribution in [0.2, 0.25) is 0 Å². The molecule has 0 spiro atoms. The van der Waals surface area contributed by atoms with Crippen LogP contribution < -0.4 is 15.8 Å². The van der Waals surface area contributed by atoms with E-state index >= 15 is 0 Å². The standard InChI is InChI=1S/C22H18F2N6O2S/c1-32-17-6-5-13(20(23)24)8-14(17)16-10-26-18(27-11-25)9-15(16)21(31)28-22-30-29-19(33-22)7-4-12-2-3-12/h5-6,8-12,20H,2-3H2,1H3,(H2,25,26,27)(H,28,30,31). The molecule has 11 heteroatoms. The van der Waals surface area contributed by atoms with E-state index in [2.05, 4.69) is 37.3 Å². The largest absolute Gasteiger partial charge is 0.496 e. The topological polar surface area (TPSA) is 115 Å². The number of halogens is 2. The number of rotatable bonds is 6. The fraction of sp³-hybridized carbons (Fsp3) is 0.227. The van der Waals surface area contributed by atoms with Crippen LogP contribution in [0.25, 0.3) is 11.1 Å². The van der Waals surface area contributed by atoms with E-state index in [0.717, 1.165) is 30.5 Å². The number of carbonyl (C=O) groups excluding carboxylic acids is 1. The van der Waals surface area contributed by atoms with E-state index in [4.69, 9.17) is 10.5 Å². The Balaban J connectivity index is 1.71. The van der Waals surface area contributed by atoms with Gasteiger partial charge < -0.3 is 10.5 Å². The number of nitrogens with zero attached hydrogens (tertiary/aromatic N) is 4. The van der Waals surface area contributed by atoms with Crippen molar-refractivity contribution < 1.29 is 18.3 Å². The van der Waals surface area contributed by atoms with Crippen molar-refractivity contribution >= 4 is 34.5 Å². The summed E-state index contributed by atoms with van der Waals surface area (Å²) in [6.45, 7) is 0. The molecular formula is C22H18F2N6O2S. The predicted octanol–water partition coefficient (Wildman–Crippen LogP) is 4.18. The quantitative estimate of drug-likeness (QED) is 0.319. The lowest BCUT2D eigenvalue weighted by atomic mass is 9.98. The molecular weight excluding hydrogens is 450 g/mol. The van der Waals surface area contributed by atoms with Crippen LogP contribution in [0.4, 0.5) is 19.7 Å². The van der Waals surface area contributed by atoms with E-state index in [1.165, 1.54) is 37.6 Å². The highest BCUT2D eigenvalue weighted by atomic mass is 32.1. The Kier molecular flexibility index (Phi) is 6.55. The minimum absolute atomic E-state index is 0.121. The molecule has 0 atom stereocenters. The molecule has 0 unspecified atom stereocenters. The van der Waals surface area contributed by atoms with Crippen molar-refractivity contribution in [2.75, 3.05) is 12.4 Å². The molecule has 1 saturated carbocycles. The molecule has 1 fully saturated rings. The average molecular weight is 468 g/mol. The van der Waals surface area contributed by atoms with Crippen LogP contribution in [-0.2, 0) is 0 Å². The highest BCUT2D eigenvalue weighted by Crippen LogP contribution is 2.36. The number of benzene rings is 1. The number of carbonyl (C=O) groups is 1. The zero-order valence-electron chi connectivity index (χ0n) is 17.4. The number of ether oxygens (including phenoxy) is 1. The fourth-order valence-electron chi connectivity index (χ4n) is 2.95. The second-order valence-corrected chi connectivity index (χ2v) is 8.01. The van der Waals surface area contributed by atoms with E-state index in [1.807, 2.05) is 0 Å². The first-order valence-electron chi connectivity index (χ1n) is 9.85. The molecule has 168 valence electrons. The van der Waals surface area contributed by atoms with Crippen LogP contribution in [-0.4, -0.2) is 34.5 Å². The molecule has 2 aromatic heterocycles. The summed E-state index contributed by atoms with van der Waals surface area (Å²) in [4.78, 5) is 21.2. The number of methoxy groups -OCH3 is 1. The molecule has 0 aliphatic heterocycles. The van der Waals surface area contributed by atoms with Gasteiger partial charge in [0, 0.05) is 28.8 Å². The van der Waals surface area contributed by atoms with Crippen LogP contribution in [0.1, 0.15) is 40.2 Å². The Morgan fingerprint density at radius 2 is 2.15 bits per heavy atom. The van der Waals surface area contributed by atoms with Crippen molar-refractivity contribution in [3.05, 3.63) is 46.6 Å². The van der Waals surface area contributed by atoms with Gasteiger partial charge in [0.2, 0.25) is 5.13 Å². The monoisotopic (exact) mass is 468 g/mol. The van der Waals surface area contributed by atoms with E-state index in [1.54, 1.807) is 0 Å². The molecule has 1 aromatic carbocycles. The van der Waals surface area contributed by atoms with E-state index < -0.39 is 12.3 Å². The summed E-state index contributed by atoms with van der Waals surface area (Å²) in [5.41, 5.74) is 5.81. The molecule has 0 saturated heterocycles. The SMILES string of the molecule is COc1ccc(C(F)F)cc1-c1cnc(N=CN)cc1C(=O)Nc1nnc(C#CC2CC2)s1. The Morgan fingerprint density at radius 1 is 1.33 bits per heavy atom. The molecule has 1 aliphatic carbocycles. The van der Waals surface area contributed by atoms with Gasteiger partial charge in [-0.1, -0.05) is 17.3 Å². The zero-order chi connectivity index (χ0) is 23.4. The number of nitrogens with two attached hydrogens (primary N) is 1. The lowest BCUT2D eigenvalue weighted by Gasteiger charge is -2.14. The molecule has 0 radical (unpaired) electrons. The molecule has 1 amide bonds. The lowest BCUT2D eigenvalue weighted by Crippen LogP contribution is -2.13. The summed E-state index contributed by atoms with van der Waals surface area (Å²) in [5.74, 6) is 6.36. The molecule has 8 nitrogen and oxygen atoms in total. The molecule has 33 heavy (non-hydrogen) atoms. The average Bonchev–Trinajstić information content (AvgIpc) is 3.55. The van der Waals surface area contributed by atoms with Gasteiger partial charge in [-0.2, -0.15) is 0 Å². The maximum atomic E-state index is 13.3. The first kappa shape index (κ1) is 22.3. The Bertz CT molecular complexity index is 1280. The number of nitrogens with one attached hydrogen (secondary N) is 1. The third kappa shape index (κ3) is 5.30. The Labute approximate surface area is 191 Å². The zero-order valence-corrected chi connectivity index (χ0v) is 18.2. The van der Waals surface area contributed by atoms with Gasteiger partial charge >= 0.3 is 0 Å². The normalized spacial score (nSPS) is 13.1. The van der Waals surface area contributed by atoms with Gasteiger partial charge in [0.05, 0.1) is 19.0 Å². The molecule has 3 aromatic rings. The van der Waals surface area contributed by atoms with Crippen LogP contribution >= 0.6 is 11.3 Å². The summed E-state index contributed by atoms with van der Waals surface area (Å²) < 4.78 is 32.0. The third-order valence-electron chi connectivity index (χ3n) is 4.71. The maximum Gasteiger partial charge on any atom is 0.263 e. The van der Waals surface area contributed by atoms with Crippen molar-refractivity contribution in [2.45, 2.75) is 19.3 Å². The van der Waals surface area contributed by atoms with Gasteiger partial charge in [-0.15, -0.1) is 10.2 Å². The second kappa shape index (κ2) is 9.70. The predicted molar refractivity (Wildman–Crippen MR) is 121 cm³/mol. The highest BCUT2D eigenvalue weighted by molar-refractivity contribution is 7.15. The first-order chi connectivity index (χ1) is 16.0. The molecule has 0 bridgehead atoms. The Morgan fingerprint density at radius 3 is 2.85 bits per heavy atom. The lowest BCUT2D eigenvalue weighted by molar-refractivity contribution is 0.102. The third-order valence-corrected chi connectivity index (χ3v) is 5.47. The maximum absolute atomic E-state index is 13.3. The Hall–Kier alpha value is -3.91. The van der Waals surface area contributed by atoms with Crippen LogP contribution in [0.15, 0.2) is 35.5 Å². The van der Waals surface area contributed by atoms with Gasteiger partial charge in [0.25, 0.3) is 12.3 Å². The van der Waals surface area contributed by atoms with Gasteiger partial charge in [0.15, 0.2) is 10.8 Å². The number of anilines is 1. The number of pyridine rings is 1. The number of hydrogen-bond acceptors (Lipinski definition) is 7. The van der Waals surface area contributed by atoms with Gasteiger partial charge in [-0.05, 0) is 43.0 Å². The molecule has 4 rings (SSSR count). The minimum Gasteiger partial charge on any atom is -0.496 e. The van der Waals surface area contributed by atoms with E-state index in [-0.39, 0.29) is 33.2 Å². The minimum atomic E-state index is -2.70. The van der Waals surface area contributed by atoms with Gasteiger partial charge in [-0.3, -0.25) is 10.1 Å². The highest BCUT2D eigenvalue weighted by Gasteiger charge is 2.21. The molecule has 1 aliphatic rings. The number of aromatic nitrogens is 3. The van der Waals surface area contributed by atoms with Crippen molar-refractivity contribution in [3.8, 4) is 28.7 Å². The van der Waals surface area contributed by atoms with Crippen LogP contribution in [0.3, 0.4) is 0 Å². The van der Waals surface area contributed by atoms with Crippen LogP contribution in [0.5, 0.6) is 5.75 Å². The van der Waals surface area contributed by atoms with Crippen LogP contribution in [0, 0.1) is 17.8 Å². The van der Waals surface area contributed by atoms with Crippen molar-refractivity contribution in [1.82, 2.24) is 15.2 Å². The summed E-state index contributed by atoms with van der Waals surface area (Å²) >= 11 is 1.14. The van der Waals surface area contributed by atoms with Gasteiger partial charge in [-0.25, -0.2) is 18.8 Å². The number of amides is 1. The smallest absolute Gasteiger partial charge is 0.263 e. The van der Waals surface area contributed by atoms with Gasteiger partial charge in [0.1, 0.15) is 5.75 Å². The number of alkyl halides is 2. The molecule has 2 heterocycles. The fourth-order valence-corrected chi connectivity index (χ4v) is 3.55. The van der Waals surface area contributed by atoms with Crippen molar-refractivity contribution in [2.24, 2.45) is 16.6 Å². The van der Waals surface area contributed by atoms with Crippen molar-refractivity contribution in [3.63, 3.8) is 0 Å². The second-order valence-electron chi connectivity index (χ2n) is 7.04. The van der Waals surface area contributed by atoms with E-state index in [9.17, 15) is 13.6 Å².